The normalized spacial score (nSPS) is 13.1. The molecule has 1 aromatic carbocycles. The average Bonchev–Trinajstić information content (AvgIpc) is 2.32. The number of benzene rings is 1. The number of nitrogens with one attached hydrogen (secondary N) is 1. The van der Waals surface area contributed by atoms with Crippen LogP contribution in [0.4, 0.5) is 0 Å². The van der Waals surface area contributed by atoms with Crippen molar-refractivity contribution in [2.75, 3.05) is 7.11 Å². The Hall–Kier alpha value is -1.55. The second-order valence-electron chi connectivity index (χ2n) is 5.35. The van der Waals surface area contributed by atoms with Gasteiger partial charge >= 0.3 is 0 Å². The molecule has 106 valence electrons. The summed E-state index contributed by atoms with van der Waals surface area (Å²) in [7, 11) is 1.54. The Bertz CT molecular complexity index is 408. The summed E-state index contributed by atoms with van der Waals surface area (Å²) in [5.41, 5.74) is 0.702. The van der Waals surface area contributed by atoms with Crippen LogP contribution in [-0.2, 0) is 16.0 Å². The first kappa shape index (κ1) is 15.5. The van der Waals surface area contributed by atoms with E-state index >= 15 is 0 Å². The van der Waals surface area contributed by atoms with Gasteiger partial charge in [-0.15, -0.1) is 0 Å². The maximum Gasteiger partial charge on any atom is 0.249 e. The van der Waals surface area contributed by atoms with E-state index < -0.39 is 6.10 Å². The van der Waals surface area contributed by atoms with E-state index in [0.717, 1.165) is 5.56 Å². The van der Waals surface area contributed by atoms with Crippen LogP contribution in [0.2, 0.25) is 0 Å². The smallest absolute Gasteiger partial charge is 0.249 e. The lowest BCUT2D eigenvalue weighted by atomic mass is 9.94. The van der Waals surface area contributed by atoms with Gasteiger partial charge in [-0.3, -0.25) is 4.79 Å². The number of ether oxygens (including phenoxy) is 1. The highest BCUT2D eigenvalue weighted by molar-refractivity contribution is 5.81. The Morgan fingerprint density at radius 2 is 1.95 bits per heavy atom. The van der Waals surface area contributed by atoms with Crippen molar-refractivity contribution in [3.05, 3.63) is 29.8 Å². The molecule has 4 heteroatoms. The minimum absolute atomic E-state index is 0.0891. The molecule has 0 saturated carbocycles. The quantitative estimate of drug-likeness (QED) is 0.829. The highest BCUT2D eigenvalue weighted by Crippen LogP contribution is 2.16. The second kappa shape index (κ2) is 6.57. The summed E-state index contributed by atoms with van der Waals surface area (Å²) < 4.78 is 5.13. The first-order valence-corrected chi connectivity index (χ1v) is 6.50. The van der Waals surface area contributed by atoms with E-state index in [1.54, 1.807) is 19.2 Å². The Labute approximate surface area is 114 Å². The SMILES string of the molecule is CC[C@H](OC)C(=O)NC(C)(C)Cc1ccc(O)cc1. The zero-order valence-electron chi connectivity index (χ0n) is 12.1. The van der Waals surface area contributed by atoms with Gasteiger partial charge in [0.1, 0.15) is 11.9 Å². The van der Waals surface area contributed by atoms with Crippen LogP contribution in [0.25, 0.3) is 0 Å². The predicted molar refractivity (Wildman–Crippen MR) is 75.1 cm³/mol. The molecule has 1 rings (SSSR count). The molecule has 0 heterocycles. The highest BCUT2D eigenvalue weighted by Gasteiger charge is 2.25. The zero-order valence-corrected chi connectivity index (χ0v) is 12.1. The van der Waals surface area contributed by atoms with Crippen molar-refractivity contribution in [2.24, 2.45) is 0 Å². The van der Waals surface area contributed by atoms with Gasteiger partial charge in [-0.05, 0) is 44.4 Å². The molecule has 0 aliphatic rings. The molecule has 19 heavy (non-hydrogen) atoms. The van der Waals surface area contributed by atoms with Gasteiger partial charge < -0.3 is 15.2 Å². The van der Waals surface area contributed by atoms with E-state index in [1.165, 1.54) is 0 Å². The number of phenols is 1. The third-order valence-electron chi connectivity index (χ3n) is 2.99. The van der Waals surface area contributed by atoms with Gasteiger partial charge in [0.2, 0.25) is 5.91 Å². The highest BCUT2D eigenvalue weighted by atomic mass is 16.5. The Kier molecular flexibility index (Phi) is 5.36. The Balaban J connectivity index is 2.65. The monoisotopic (exact) mass is 265 g/mol. The fourth-order valence-electron chi connectivity index (χ4n) is 2.04. The van der Waals surface area contributed by atoms with E-state index in [4.69, 9.17) is 4.74 Å². The molecule has 0 unspecified atom stereocenters. The van der Waals surface area contributed by atoms with Gasteiger partial charge in [-0.25, -0.2) is 0 Å². The minimum Gasteiger partial charge on any atom is -0.508 e. The van der Waals surface area contributed by atoms with Crippen LogP contribution < -0.4 is 5.32 Å². The number of methoxy groups -OCH3 is 1. The molecule has 0 aliphatic heterocycles. The summed E-state index contributed by atoms with van der Waals surface area (Å²) >= 11 is 0. The largest absolute Gasteiger partial charge is 0.508 e. The summed E-state index contributed by atoms with van der Waals surface area (Å²) in [6.45, 7) is 5.86. The molecular weight excluding hydrogens is 242 g/mol. The molecule has 1 amide bonds. The summed E-state index contributed by atoms with van der Waals surface area (Å²) in [4.78, 5) is 12.0. The van der Waals surface area contributed by atoms with Crippen LogP contribution >= 0.6 is 0 Å². The standard InChI is InChI=1S/C15H23NO3/c1-5-13(19-4)14(18)16-15(2,3)10-11-6-8-12(17)9-7-11/h6-9,13,17H,5,10H2,1-4H3,(H,16,18)/t13-/m0/s1. The van der Waals surface area contributed by atoms with E-state index in [1.807, 2.05) is 32.9 Å². The van der Waals surface area contributed by atoms with Gasteiger partial charge in [-0.2, -0.15) is 0 Å². The average molecular weight is 265 g/mol. The van der Waals surface area contributed by atoms with Gasteiger partial charge in [0.05, 0.1) is 0 Å². The number of carbonyl (C=O) groups excluding carboxylic acids is 1. The molecule has 1 aromatic rings. The maximum atomic E-state index is 12.0. The molecule has 0 fully saturated rings. The van der Waals surface area contributed by atoms with Crippen LogP contribution in [0.15, 0.2) is 24.3 Å². The van der Waals surface area contributed by atoms with E-state index in [9.17, 15) is 9.90 Å². The fourth-order valence-corrected chi connectivity index (χ4v) is 2.04. The molecule has 0 saturated heterocycles. The summed E-state index contributed by atoms with van der Waals surface area (Å²) in [6.07, 6.45) is 0.940. The molecule has 0 radical (unpaired) electrons. The van der Waals surface area contributed by atoms with Crippen molar-refractivity contribution < 1.29 is 14.6 Å². The third kappa shape index (κ3) is 4.91. The topological polar surface area (TPSA) is 58.6 Å². The first-order valence-electron chi connectivity index (χ1n) is 6.50. The minimum atomic E-state index is -0.404. The number of hydrogen-bond acceptors (Lipinski definition) is 3. The lowest BCUT2D eigenvalue weighted by molar-refractivity contribution is -0.132. The molecule has 0 aromatic heterocycles. The van der Waals surface area contributed by atoms with Crippen LogP contribution in [0.3, 0.4) is 0 Å². The van der Waals surface area contributed by atoms with Crippen molar-refractivity contribution in [1.82, 2.24) is 5.32 Å². The van der Waals surface area contributed by atoms with Crippen molar-refractivity contribution in [3.8, 4) is 5.75 Å². The summed E-state index contributed by atoms with van der Waals surface area (Å²) in [6, 6.07) is 7.02. The van der Waals surface area contributed by atoms with Gasteiger partial charge in [0.15, 0.2) is 0 Å². The molecule has 0 aliphatic carbocycles. The molecule has 4 nitrogen and oxygen atoms in total. The van der Waals surface area contributed by atoms with Gasteiger partial charge in [0.25, 0.3) is 0 Å². The number of amides is 1. The number of rotatable bonds is 6. The molecule has 2 N–H and O–H groups in total. The zero-order chi connectivity index (χ0) is 14.5. The van der Waals surface area contributed by atoms with E-state index in [2.05, 4.69) is 5.32 Å². The third-order valence-corrected chi connectivity index (χ3v) is 2.99. The molecule has 0 bridgehead atoms. The Morgan fingerprint density at radius 1 is 1.37 bits per heavy atom. The molecular formula is C15H23NO3. The Morgan fingerprint density at radius 3 is 2.42 bits per heavy atom. The predicted octanol–water partition coefficient (Wildman–Crippen LogP) is 2.25. The number of hydrogen-bond donors (Lipinski definition) is 2. The fraction of sp³-hybridized carbons (Fsp3) is 0.533. The van der Waals surface area contributed by atoms with E-state index in [0.29, 0.717) is 12.8 Å². The maximum absolute atomic E-state index is 12.0. The molecule has 1 atom stereocenters. The van der Waals surface area contributed by atoms with Crippen molar-refractivity contribution >= 4 is 5.91 Å². The lowest BCUT2D eigenvalue weighted by Crippen LogP contribution is -2.49. The lowest BCUT2D eigenvalue weighted by Gasteiger charge is -2.28. The van der Waals surface area contributed by atoms with Gasteiger partial charge in [-0.1, -0.05) is 19.1 Å². The summed E-state index contributed by atoms with van der Waals surface area (Å²) in [5.74, 6) is 0.157. The van der Waals surface area contributed by atoms with Crippen LogP contribution in [-0.4, -0.2) is 29.8 Å². The molecule has 0 spiro atoms. The van der Waals surface area contributed by atoms with Crippen molar-refractivity contribution in [1.29, 1.82) is 0 Å². The van der Waals surface area contributed by atoms with Crippen molar-refractivity contribution in [3.63, 3.8) is 0 Å². The summed E-state index contributed by atoms with van der Waals surface area (Å²) in [5, 5.41) is 12.2. The second-order valence-corrected chi connectivity index (χ2v) is 5.35. The number of carbonyl (C=O) groups is 1. The number of aromatic hydroxyl groups is 1. The van der Waals surface area contributed by atoms with E-state index in [-0.39, 0.29) is 17.2 Å². The van der Waals surface area contributed by atoms with Crippen LogP contribution in [0, 0.1) is 0 Å². The number of phenolic OH excluding ortho intramolecular Hbond substituents is 1. The van der Waals surface area contributed by atoms with Crippen LogP contribution in [0.5, 0.6) is 5.75 Å². The van der Waals surface area contributed by atoms with Crippen LogP contribution in [0.1, 0.15) is 32.8 Å². The first-order chi connectivity index (χ1) is 8.88. The van der Waals surface area contributed by atoms with Gasteiger partial charge in [0, 0.05) is 12.6 Å². The van der Waals surface area contributed by atoms with Crippen molar-refractivity contribution in [2.45, 2.75) is 45.3 Å².